The number of nitrogens with zero attached hydrogens (tertiary/aromatic N) is 3. The van der Waals surface area contributed by atoms with Crippen LogP contribution in [0.1, 0.15) is 13.8 Å². The van der Waals surface area contributed by atoms with Crippen LogP contribution in [0.15, 0.2) is 12.1 Å². The lowest BCUT2D eigenvalue weighted by molar-refractivity contribution is -0.383. The lowest BCUT2D eigenvalue weighted by Gasteiger charge is -2.38. The average Bonchev–Trinajstić information content (AvgIpc) is 2.40. The molecular weight excluding hydrogens is 280 g/mol. The van der Waals surface area contributed by atoms with Crippen LogP contribution in [0.3, 0.4) is 0 Å². The highest BCUT2D eigenvalue weighted by atomic mass is 35.5. The van der Waals surface area contributed by atoms with E-state index < -0.39 is 4.92 Å². The summed E-state index contributed by atoms with van der Waals surface area (Å²) >= 11 is 6.16. The van der Waals surface area contributed by atoms with E-state index in [1.54, 1.807) is 6.07 Å². The molecule has 0 radical (unpaired) electrons. The van der Waals surface area contributed by atoms with Gasteiger partial charge in [-0.1, -0.05) is 11.6 Å². The van der Waals surface area contributed by atoms with Crippen molar-refractivity contribution in [1.82, 2.24) is 4.90 Å². The maximum Gasteiger partial charge on any atom is 0.293 e. The first-order valence-electron chi connectivity index (χ1n) is 6.62. The van der Waals surface area contributed by atoms with Gasteiger partial charge in [0, 0.05) is 38.3 Å². The first kappa shape index (κ1) is 14.9. The molecular formula is C13H19ClN4O2. The van der Waals surface area contributed by atoms with E-state index in [0.717, 1.165) is 31.9 Å². The minimum atomic E-state index is -0.512. The zero-order valence-electron chi connectivity index (χ0n) is 11.7. The Labute approximate surface area is 123 Å². The maximum atomic E-state index is 10.8. The Morgan fingerprint density at radius 1 is 1.30 bits per heavy atom. The predicted molar refractivity (Wildman–Crippen MR) is 81.4 cm³/mol. The summed E-state index contributed by atoms with van der Waals surface area (Å²) in [7, 11) is 0. The number of hydrogen-bond donors (Lipinski definition) is 1. The molecule has 0 spiro atoms. The fourth-order valence-electron chi connectivity index (χ4n) is 2.45. The van der Waals surface area contributed by atoms with E-state index in [4.69, 9.17) is 17.3 Å². The lowest BCUT2D eigenvalue weighted by atomic mass is 10.2. The molecule has 2 N–H and O–H groups in total. The van der Waals surface area contributed by atoms with Gasteiger partial charge in [0.05, 0.1) is 15.6 Å². The van der Waals surface area contributed by atoms with Crippen LogP contribution in [0.2, 0.25) is 5.02 Å². The number of nitrogens with two attached hydrogens (primary N) is 1. The summed E-state index contributed by atoms with van der Waals surface area (Å²) in [4.78, 5) is 14.8. The third-order valence-corrected chi connectivity index (χ3v) is 3.98. The third kappa shape index (κ3) is 2.96. The van der Waals surface area contributed by atoms with E-state index >= 15 is 0 Å². The molecule has 0 atom stereocenters. The van der Waals surface area contributed by atoms with Crippen molar-refractivity contribution in [1.29, 1.82) is 0 Å². The van der Waals surface area contributed by atoms with Crippen molar-refractivity contribution in [3.8, 4) is 0 Å². The second-order valence-corrected chi connectivity index (χ2v) is 5.64. The zero-order valence-corrected chi connectivity index (χ0v) is 12.4. The first-order valence-corrected chi connectivity index (χ1v) is 7.00. The summed E-state index contributed by atoms with van der Waals surface area (Å²) in [5.74, 6) is 0. The Balaban J connectivity index is 2.18. The van der Waals surface area contributed by atoms with Gasteiger partial charge >= 0.3 is 0 Å². The molecule has 1 fully saturated rings. The van der Waals surface area contributed by atoms with Crippen LogP contribution in [-0.2, 0) is 0 Å². The van der Waals surface area contributed by atoms with Gasteiger partial charge < -0.3 is 10.6 Å². The highest BCUT2D eigenvalue weighted by molar-refractivity contribution is 6.33. The molecule has 1 aromatic carbocycles. The van der Waals surface area contributed by atoms with E-state index in [0.29, 0.717) is 11.1 Å². The van der Waals surface area contributed by atoms with Crippen LogP contribution >= 0.6 is 11.6 Å². The molecule has 2 rings (SSSR count). The molecule has 1 heterocycles. The van der Waals surface area contributed by atoms with E-state index in [-0.39, 0.29) is 11.4 Å². The largest absolute Gasteiger partial charge is 0.393 e. The van der Waals surface area contributed by atoms with Gasteiger partial charge in [0.1, 0.15) is 5.69 Å². The van der Waals surface area contributed by atoms with Crippen molar-refractivity contribution in [3.05, 3.63) is 27.3 Å². The minimum absolute atomic E-state index is 0.139. The fraction of sp³-hybridized carbons (Fsp3) is 0.538. The van der Waals surface area contributed by atoms with E-state index in [1.165, 1.54) is 6.07 Å². The molecule has 1 saturated heterocycles. The van der Waals surface area contributed by atoms with Crippen LogP contribution in [0.25, 0.3) is 0 Å². The number of nitro benzene ring substituents is 1. The SMILES string of the molecule is CC(C)N1CCN(c2cc(N)c([N+](=O)[O-])cc2Cl)CC1. The topological polar surface area (TPSA) is 75.6 Å². The number of anilines is 2. The normalized spacial score (nSPS) is 16.7. The Morgan fingerprint density at radius 3 is 2.40 bits per heavy atom. The zero-order chi connectivity index (χ0) is 14.9. The molecule has 0 saturated carbocycles. The molecule has 0 aromatic heterocycles. The molecule has 0 amide bonds. The van der Waals surface area contributed by atoms with Crippen molar-refractivity contribution < 1.29 is 4.92 Å². The molecule has 0 bridgehead atoms. The van der Waals surface area contributed by atoms with Crippen LogP contribution in [0, 0.1) is 10.1 Å². The lowest BCUT2D eigenvalue weighted by Crippen LogP contribution is -2.49. The summed E-state index contributed by atoms with van der Waals surface area (Å²) in [6.07, 6.45) is 0. The van der Waals surface area contributed by atoms with Gasteiger partial charge in [0.25, 0.3) is 5.69 Å². The highest BCUT2D eigenvalue weighted by Gasteiger charge is 2.23. The van der Waals surface area contributed by atoms with Gasteiger partial charge in [-0.25, -0.2) is 0 Å². The number of halogens is 1. The molecule has 1 aliphatic heterocycles. The van der Waals surface area contributed by atoms with Crippen LogP contribution < -0.4 is 10.6 Å². The van der Waals surface area contributed by atoms with Gasteiger partial charge in [0.2, 0.25) is 0 Å². The van der Waals surface area contributed by atoms with E-state index in [1.807, 2.05) is 0 Å². The smallest absolute Gasteiger partial charge is 0.293 e. The van der Waals surface area contributed by atoms with Gasteiger partial charge in [-0.05, 0) is 19.9 Å². The quantitative estimate of drug-likeness (QED) is 0.527. The van der Waals surface area contributed by atoms with Crippen molar-refractivity contribution >= 4 is 28.7 Å². The van der Waals surface area contributed by atoms with Crippen molar-refractivity contribution in [2.75, 3.05) is 36.8 Å². The number of piperazine rings is 1. The second kappa shape index (κ2) is 5.85. The molecule has 110 valence electrons. The molecule has 0 unspecified atom stereocenters. The van der Waals surface area contributed by atoms with Crippen molar-refractivity contribution in [2.24, 2.45) is 0 Å². The summed E-state index contributed by atoms with van der Waals surface area (Å²) in [6.45, 7) is 7.93. The molecule has 0 aliphatic carbocycles. The molecule has 20 heavy (non-hydrogen) atoms. The second-order valence-electron chi connectivity index (χ2n) is 5.24. The Kier molecular flexibility index (Phi) is 4.35. The molecule has 6 nitrogen and oxygen atoms in total. The fourth-order valence-corrected chi connectivity index (χ4v) is 2.72. The van der Waals surface area contributed by atoms with E-state index in [9.17, 15) is 10.1 Å². The predicted octanol–water partition coefficient (Wildman–Crippen LogP) is 2.36. The van der Waals surface area contributed by atoms with Gasteiger partial charge in [-0.15, -0.1) is 0 Å². The Morgan fingerprint density at radius 2 is 1.90 bits per heavy atom. The third-order valence-electron chi connectivity index (χ3n) is 3.68. The summed E-state index contributed by atoms with van der Waals surface area (Å²) in [6, 6.07) is 3.46. The van der Waals surface area contributed by atoms with Crippen LogP contribution in [-0.4, -0.2) is 42.0 Å². The number of hydrogen-bond acceptors (Lipinski definition) is 5. The number of nitrogen functional groups attached to an aromatic ring is 1. The number of rotatable bonds is 3. The highest BCUT2D eigenvalue weighted by Crippen LogP contribution is 2.35. The monoisotopic (exact) mass is 298 g/mol. The Hall–Kier alpha value is -1.53. The van der Waals surface area contributed by atoms with Crippen LogP contribution in [0.5, 0.6) is 0 Å². The minimum Gasteiger partial charge on any atom is -0.393 e. The van der Waals surface area contributed by atoms with Gasteiger partial charge in [-0.3, -0.25) is 15.0 Å². The molecule has 7 heteroatoms. The number of benzene rings is 1. The van der Waals surface area contributed by atoms with Crippen molar-refractivity contribution in [2.45, 2.75) is 19.9 Å². The van der Waals surface area contributed by atoms with Gasteiger partial charge in [0.15, 0.2) is 0 Å². The maximum absolute atomic E-state index is 10.8. The first-order chi connectivity index (χ1) is 9.40. The number of nitro groups is 1. The molecule has 1 aromatic rings. The van der Waals surface area contributed by atoms with E-state index in [2.05, 4.69) is 23.6 Å². The van der Waals surface area contributed by atoms with Crippen molar-refractivity contribution in [3.63, 3.8) is 0 Å². The summed E-state index contributed by atoms with van der Waals surface area (Å²) in [5, 5.41) is 11.2. The van der Waals surface area contributed by atoms with Gasteiger partial charge in [-0.2, -0.15) is 0 Å². The standard InChI is InChI=1S/C13H19ClN4O2/c1-9(2)16-3-5-17(6-4-16)12-8-11(15)13(18(19)20)7-10(12)14/h7-9H,3-6,15H2,1-2H3. The van der Waals surface area contributed by atoms with Crippen LogP contribution in [0.4, 0.5) is 17.1 Å². The summed E-state index contributed by atoms with van der Waals surface area (Å²) in [5.41, 5.74) is 6.53. The average molecular weight is 299 g/mol. The Bertz CT molecular complexity index is 513. The molecule has 1 aliphatic rings. The summed E-state index contributed by atoms with van der Waals surface area (Å²) < 4.78 is 0.